The maximum absolute atomic E-state index is 10.2. The van der Waals surface area contributed by atoms with E-state index in [0.29, 0.717) is 0 Å². The second-order valence-electron chi connectivity index (χ2n) is 4.35. The molecule has 0 saturated carbocycles. The van der Waals surface area contributed by atoms with Crippen LogP contribution in [-0.4, -0.2) is 5.11 Å². The second-order valence-corrected chi connectivity index (χ2v) is 4.35. The van der Waals surface area contributed by atoms with E-state index in [1.165, 1.54) is 5.56 Å². The predicted molar refractivity (Wildman–Crippen MR) is 65.0 cm³/mol. The Morgan fingerprint density at radius 3 is 2.07 bits per heavy atom. The van der Waals surface area contributed by atoms with Crippen LogP contribution >= 0.6 is 0 Å². The molecule has 15 heavy (non-hydrogen) atoms. The van der Waals surface area contributed by atoms with Gasteiger partial charge in [-0.15, -0.1) is 6.58 Å². The molecule has 1 nitrogen and oxygen atoms in total. The van der Waals surface area contributed by atoms with Gasteiger partial charge in [0.1, 0.15) is 0 Å². The first-order chi connectivity index (χ1) is 6.97. The lowest BCUT2D eigenvalue weighted by Gasteiger charge is -2.20. The third-order valence-electron chi connectivity index (χ3n) is 2.90. The van der Waals surface area contributed by atoms with Crippen LogP contribution in [0.5, 0.6) is 0 Å². The Morgan fingerprint density at radius 2 is 1.67 bits per heavy atom. The van der Waals surface area contributed by atoms with Crippen LogP contribution in [0, 0.1) is 26.7 Å². The molecule has 0 bridgehead atoms. The van der Waals surface area contributed by atoms with E-state index in [1.54, 1.807) is 6.08 Å². The Balaban J connectivity index is 3.19. The van der Waals surface area contributed by atoms with Crippen LogP contribution < -0.4 is 0 Å². The van der Waals surface area contributed by atoms with Crippen LogP contribution in [0.2, 0.25) is 0 Å². The summed E-state index contributed by atoms with van der Waals surface area (Å²) in [5.74, 6) is 0.0881. The van der Waals surface area contributed by atoms with E-state index in [9.17, 15) is 5.11 Å². The SMILES string of the molecule is C=C[C@@H](C)[C@@H](O)c1c(C)cc(C)cc1C. The number of hydrogen-bond acceptors (Lipinski definition) is 1. The number of benzene rings is 1. The molecule has 1 rings (SSSR count). The topological polar surface area (TPSA) is 20.2 Å². The first-order valence-corrected chi connectivity index (χ1v) is 5.35. The highest BCUT2D eigenvalue weighted by atomic mass is 16.3. The van der Waals surface area contributed by atoms with E-state index in [1.807, 2.05) is 20.8 Å². The van der Waals surface area contributed by atoms with Gasteiger partial charge in [0.25, 0.3) is 0 Å². The predicted octanol–water partition coefficient (Wildman–Crippen LogP) is 3.47. The number of hydrogen-bond donors (Lipinski definition) is 1. The summed E-state index contributed by atoms with van der Waals surface area (Å²) in [6.45, 7) is 11.9. The lowest BCUT2D eigenvalue weighted by atomic mass is 9.89. The lowest BCUT2D eigenvalue weighted by molar-refractivity contribution is 0.138. The first-order valence-electron chi connectivity index (χ1n) is 5.35. The molecule has 0 spiro atoms. The average molecular weight is 204 g/mol. The third kappa shape index (κ3) is 2.48. The number of aliphatic hydroxyl groups excluding tert-OH is 1. The van der Waals surface area contributed by atoms with Crippen LogP contribution in [0.1, 0.15) is 35.3 Å². The molecule has 0 radical (unpaired) electrons. The minimum Gasteiger partial charge on any atom is -0.388 e. The minimum absolute atomic E-state index is 0.0881. The van der Waals surface area contributed by atoms with Crippen LogP contribution in [0.3, 0.4) is 0 Å². The third-order valence-corrected chi connectivity index (χ3v) is 2.90. The second kappa shape index (κ2) is 4.63. The number of aliphatic hydroxyl groups is 1. The van der Waals surface area contributed by atoms with Crippen molar-refractivity contribution in [2.75, 3.05) is 0 Å². The van der Waals surface area contributed by atoms with Crippen molar-refractivity contribution >= 4 is 0 Å². The molecule has 82 valence electrons. The number of aryl methyl sites for hydroxylation is 3. The number of rotatable bonds is 3. The summed E-state index contributed by atoms with van der Waals surface area (Å²) >= 11 is 0. The van der Waals surface area contributed by atoms with Crippen LogP contribution in [0.4, 0.5) is 0 Å². The van der Waals surface area contributed by atoms with E-state index < -0.39 is 6.10 Å². The molecular formula is C14H20O. The molecule has 0 aliphatic carbocycles. The fourth-order valence-corrected chi connectivity index (χ4v) is 2.05. The van der Waals surface area contributed by atoms with Crippen molar-refractivity contribution in [3.63, 3.8) is 0 Å². The quantitative estimate of drug-likeness (QED) is 0.747. The summed E-state index contributed by atoms with van der Waals surface area (Å²) in [7, 11) is 0. The average Bonchev–Trinajstić information content (AvgIpc) is 2.14. The molecule has 0 saturated heterocycles. The molecule has 2 atom stereocenters. The molecule has 1 heteroatoms. The standard InChI is InChI=1S/C14H20O/c1-6-10(3)14(15)13-11(4)7-9(2)8-12(13)5/h6-8,10,14-15H,1H2,2-5H3/t10-,14-/m1/s1. The van der Waals surface area contributed by atoms with Gasteiger partial charge in [0.15, 0.2) is 0 Å². The van der Waals surface area contributed by atoms with E-state index in [2.05, 4.69) is 25.6 Å². The van der Waals surface area contributed by atoms with E-state index in [0.717, 1.165) is 16.7 Å². The highest BCUT2D eigenvalue weighted by Gasteiger charge is 2.17. The first kappa shape index (κ1) is 12.0. The van der Waals surface area contributed by atoms with Crippen LogP contribution in [0.25, 0.3) is 0 Å². The van der Waals surface area contributed by atoms with Gasteiger partial charge in [-0.1, -0.05) is 30.7 Å². The Hall–Kier alpha value is -1.08. The fourth-order valence-electron chi connectivity index (χ4n) is 2.05. The molecule has 0 fully saturated rings. The summed E-state index contributed by atoms with van der Waals surface area (Å²) in [6, 6.07) is 4.22. The molecule has 0 unspecified atom stereocenters. The normalized spacial score (nSPS) is 14.7. The van der Waals surface area contributed by atoms with Gasteiger partial charge in [-0.2, -0.15) is 0 Å². The fraction of sp³-hybridized carbons (Fsp3) is 0.429. The highest BCUT2D eigenvalue weighted by molar-refractivity contribution is 5.39. The van der Waals surface area contributed by atoms with Gasteiger partial charge in [0.2, 0.25) is 0 Å². The molecular weight excluding hydrogens is 184 g/mol. The summed E-state index contributed by atoms with van der Waals surface area (Å²) in [5, 5.41) is 10.2. The lowest BCUT2D eigenvalue weighted by Crippen LogP contribution is -2.10. The van der Waals surface area contributed by atoms with Crippen molar-refractivity contribution in [1.29, 1.82) is 0 Å². The summed E-state index contributed by atoms with van der Waals surface area (Å²) < 4.78 is 0. The summed E-state index contributed by atoms with van der Waals surface area (Å²) in [6.07, 6.45) is 1.35. The molecule has 0 aliphatic rings. The van der Waals surface area contributed by atoms with Crippen molar-refractivity contribution < 1.29 is 5.11 Å². The molecule has 1 aromatic rings. The van der Waals surface area contributed by atoms with Gasteiger partial charge in [0, 0.05) is 5.92 Å². The maximum Gasteiger partial charge on any atom is 0.0854 e. The zero-order valence-corrected chi connectivity index (χ0v) is 10.0. The monoisotopic (exact) mass is 204 g/mol. The summed E-state index contributed by atoms with van der Waals surface area (Å²) in [5.41, 5.74) is 4.61. The molecule has 0 aromatic heterocycles. The van der Waals surface area contributed by atoms with Crippen LogP contribution in [0.15, 0.2) is 24.8 Å². The zero-order chi connectivity index (χ0) is 11.6. The van der Waals surface area contributed by atoms with E-state index in [4.69, 9.17) is 0 Å². The molecule has 1 N–H and O–H groups in total. The Morgan fingerprint density at radius 1 is 1.20 bits per heavy atom. The molecule has 0 heterocycles. The molecule has 1 aromatic carbocycles. The molecule has 0 aliphatic heterocycles. The van der Waals surface area contributed by atoms with Gasteiger partial charge in [-0.05, 0) is 37.5 Å². The summed E-state index contributed by atoms with van der Waals surface area (Å²) in [4.78, 5) is 0. The van der Waals surface area contributed by atoms with Gasteiger partial charge >= 0.3 is 0 Å². The van der Waals surface area contributed by atoms with E-state index >= 15 is 0 Å². The van der Waals surface area contributed by atoms with Gasteiger partial charge in [0.05, 0.1) is 6.10 Å². The van der Waals surface area contributed by atoms with Crippen molar-refractivity contribution in [1.82, 2.24) is 0 Å². The van der Waals surface area contributed by atoms with Gasteiger partial charge < -0.3 is 5.11 Å². The van der Waals surface area contributed by atoms with Crippen molar-refractivity contribution in [3.8, 4) is 0 Å². The smallest absolute Gasteiger partial charge is 0.0854 e. The van der Waals surface area contributed by atoms with Crippen LogP contribution in [-0.2, 0) is 0 Å². The van der Waals surface area contributed by atoms with Gasteiger partial charge in [-0.25, -0.2) is 0 Å². The Labute approximate surface area is 92.5 Å². The van der Waals surface area contributed by atoms with Crippen molar-refractivity contribution in [2.24, 2.45) is 5.92 Å². The van der Waals surface area contributed by atoms with Crippen molar-refractivity contribution in [2.45, 2.75) is 33.8 Å². The van der Waals surface area contributed by atoms with E-state index in [-0.39, 0.29) is 5.92 Å². The zero-order valence-electron chi connectivity index (χ0n) is 10.0. The van der Waals surface area contributed by atoms with Crippen molar-refractivity contribution in [3.05, 3.63) is 47.0 Å². The Bertz CT molecular complexity index is 343. The minimum atomic E-state index is -0.442. The Kier molecular flexibility index (Phi) is 3.70. The van der Waals surface area contributed by atoms with Gasteiger partial charge in [-0.3, -0.25) is 0 Å². The maximum atomic E-state index is 10.2. The highest BCUT2D eigenvalue weighted by Crippen LogP contribution is 2.29. The molecule has 0 amide bonds. The largest absolute Gasteiger partial charge is 0.388 e.